The molecule has 5 aliphatic rings. The maximum Gasteiger partial charge on any atom is 0.408 e. The molecule has 0 bridgehead atoms. The molecule has 4 fully saturated rings. The summed E-state index contributed by atoms with van der Waals surface area (Å²) in [6, 6.07) is 5.84. The van der Waals surface area contributed by atoms with Gasteiger partial charge in [-0.15, -0.1) is 0 Å². The number of rotatable bonds is 3. The van der Waals surface area contributed by atoms with E-state index in [1.165, 1.54) is 36.8 Å². The number of aryl methyl sites for hydroxylation is 1. The first kappa shape index (κ1) is 32.8. The highest BCUT2D eigenvalue weighted by atomic mass is 19.1. The molecule has 1 N–H and O–H groups in total. The Morgan fingerprint density at radius 3 is 2.31 bits per heavy atom. The molecule has 0 saturated heterocycles. The second-order valence-corrected chi connectivity index (χ2v) is 18.5. The Hall–Kier alpha value is -2.10. The van der Waals surface area contributed by atoms with Crippen molar-refractivity contribution >= 4 is 11.7 Å². The van der Waals surface area contributed by atoms with Crippen molar-refractivity contribution in [1.29, 1.82) is 0 Å². The summed E-state index contributed by atoms with van der Waals surface area (Å²) in [5, 5.41) is 3.53. The molecule has 0 spiro atoms. The SMILES string of the molecule is C=C(C)[C@@H]1CC[C@]2(NC(=O)OC(C)(C)C)CC[C@]3(C)[C@H](CC[C@@H]4[C@@]5(C)CC=C(c6ccc(C)c(F)c6)C(C)(C)[C@@H]5CC[C@]43C)[C@@H]12. The van der Waals surface area contributed by atoms with Gasteiger partial charge in [0.2, 0.25) is 0 Å². The van der Waals surface area contributed by atoms with Gasteiger partial charge in [0.15, 0.2) is 0 Å². The first-order valence-electron chi connectivity index (χ1n) is 17.9. The first-order chi connectivity index (χ1) is 20.8. The lowest BCUT2D eigenvalue weighted by Crippen LogP contribution is -2.68. The molecule has 1 aromatic rings. The van der Waals surface area contributed by atoms with Crippen LogP contribution in [0.2, 0.25) is 0 Å². The number of amides is 1. The summed E-state index contributed by atoms with van der Waals surface area (Å²) in [7, 11) is 0. The summed E-state index contributed by atoms with van der Waals surface area (Å²) in [4.78, 5) is 13.3. The Kier molecular flexibility index (Phi) is 7.62. The molecule has 0 aromatic heterocycles. The number of hydrogen-bond acceptors (Lipinski definition) is 2. The van der Waals surface area contributed by atoms with Crippen molar-refractivity contribution in [3.63, 3.8) is 0 Å². The van der Waals surface area contributed by atoms with Gasteiger partial charge in [-0.05, 0) is 166 Å². The minimum Gasteiger partial charge on any atom is -0.444 e. The van der Waals surface area contributed by atoms with Crippen molar-refractivity contribution < 1.29 is 13.9 Å². The van der Waals surface area contributed by atoms with Crippen LogP contribution in [0.5, 0.6) is 0 Å². The zero-order valence-corrected chi connectivity index (χ0v) is 30.0. The van der Waals surface area contributed by atoms with Gasteiger partial charge >= 0.3 is 6.09 Å². The number of ether oxygens (including phenoxy) is 1. The van der Waals surface area contributed by atoms with E-state index < -0.39 is 5.60 Å². The summed E-state index contributed by atoms with van der Waals surface area (Å²) in [5.74, 6) is 2.46. The third-order valence-electron chi connectivity index (χ3n) is 14.9. The average Bonchev–Trinajstić information content (AvgIpc) is 3.29. The van der Waals surface area contributed by atoms with Gasteiger partial charge in [0.1, 0.15) is 11.4 Å². The smallest absolute Gasteiger partial charge is 0.408 e. The number of nitrogens with one attached hydrogen (secondary N) is 1. The molecule has 4 saturated carbocycles. The Bertz CT molecular complexity index is 1420. The number of carbonyl (C=O) groups excluding carboxylic acids is 1. The van der Waals surface area contributed by atoms with Crippen molar-refractivity contribution in [2.24, 2.45) is 51.2 Å². The maximum absolute atomic E-state index is 14.7. The van der Waals surface area contributed by atoms with Crippen LogP contribution in [0.25, 0.3) is 5.57 Å². The van der Waals surface area contributed by atoms with Crippen molar-refractivity contribution in [3.05, 3.63) is 53.4 Å². The summed E-state index contributed by atoms with van der Waals surface area (Å²) in [5.41, 5.74) is 4.24. The van der Waals surface area contributed by atoms with Crippen LogP contribution in [0.4, 0.5) is 9.18 Å². The fourth-order valence-electron chi connectivity index (χ4n) is 12.7. The van der Waals surface area contributed by atoms with E-state index >= 15 is 0 Å². The highest BCUT2D eigenvalue weighted by Crippen LogP contribution is 2.76. The zero-order valence-electron chi connectivity index (χ0n) is 30.0. The van der Waals surface area contributed by atoms with Crippen molar-refractivity contribution in [2.45, 2.75) is 138 Å². The Morgan fingerprint density at radius 2 is 1.67 bits per heavy atom. The minimum atomic E-state index is -0.513. The highest BCUT2D eigenvalue weighted by molar-refractivity contribution is 5.72. The van der Waals surface area contributed by atoms with Crippen LogP contribution < -0.4 is 5.32 Å². The fourth-order valence-corrected chi connectivity index (χ4v) is 12.7. The van der Waals surface area contributed by atoms with E-state index in [0.29, 0.717) is 35.2 Å². The lowest BCUT2D eigenvalue weighted by atomic mass is 9.33. The van der Waals surface area contributed by atoms with Gasteiger partial charge in [-0.1, -0.05) is 65.0 Å². The quantitative estimate of drug-likeness (QED) is 0.343. The molecular weight excluding hydrogens is 557 g/mol. The van der Waals surface area contributed by atoms with Crippen LogP contribution in [0.1, 0.15) is 131 Å². The number of benzene rings is 1. The Balaban J connectivity index is 1.35. The molecule has 0 unspecified atom stereocenters. The maximum atomic E-state index is 14.7. The lowest BCUT2D eigenvalue weighted by Gasteiger charge is -2.72. The van der Waals surface area contributed by atoms with Crippen molar-refractivity contribution in [3.8, 4) is 0 Å². The molecule has 0 aliphatic heterocycles. The van der Waals surface area contributed by atoms with Gasteiger partial charge in [-0.3, -0.25) is 0 Å². The van der Waals surface area contributed by atoms with E-state index in [9.17, 15) is 9.18 Å². The standard InChI is InChI=1S/C41H60FNO2/c1-25(2)28-16-21-41(43-35(44)45-36(4,5)6)23-22-39(10)30(34(28)41)14-15-33-38(9)19-17-29(27-13-12-26(3)31(42)24-27)37(7,8)32(38)18-20-40(33,39)11/h12-13,17,24,28,30,32-34H,1,14-16,18-23H2,2-11H3,(H,43,44)/t28-,30+,32-,33+,34+,38-,39+,40+,41-/m0/s1. The molecule has 4 heteroatoms. The van der Waals surface area contributed by atoms with Crippen LogP contribution in [0.3, 0.4) is 0 Å². The summed E-state index contributed by atoms with van der Waals surface area (Å²) in [6.45, 7) is 27.2. The number of allylic oxidation sites excluding steroid dienone is 3. The minimum absolute atomic E-state index is 0.0245. The van der Waals surface area contributed by atoms with Crippen LogP contribution >= 0.6 is 0 Å². The number of carbonyl (C=O) groups is 1. The van der Waals surface area contributed by atoms with Crippen LogP contribution in [-0.4, -0.2) is 17.2 Å². The van der Waals surface area contributed by atoms with Crippen molar-refractivity contribution in [1.82, 2.24) is 5.32 Å². The monoisotopic (exact) mass is 617 g/mol. The predicted molar refractivity (Wildman–Crippen MR) is 183 cm³/mol. The number of alkyl carbamates (subject to hydrolysis) is 1. The van der Waals surface area contributed by atoms with Gasteiger partial charge in [0, 0.05) is 5.54 Å². The van der Waals surface area contributed by atoms with Crippen molar-refractivity contribution in [2.75, 3.05) is 0 Å². The Labute approximate surface area is 273 Å². The van der Waals surface area contributed by atoms with E-state index in [-0.39, 0.29) is 39.1 Å². The Morgan fingerprint density at radius 1 is 0.956 bits per heavy atom. The lowest BCUT2D eigenvalue weighted by molar-refractivity contribution is -0.219. The number of halogens is 1. The van der Waals surface area contributed by atoms with E-state index in [4.69, 9.17) is 4.74 Å². The molecule has 45 heavy (non-hydrogen) atoms. The summed E-state index contributed by atoms with van der Waals surface area (Å²) < 4.78 is 20.6. The topological polar surface area (TPSA) is 38.3 Å². The number of fused-ring (bicyclic) bond motifs is 7. The molecule has 5 aliphatic carbocycles. The summed E-state index contributed by atoms with van der Waals surface area (Å²) >= 11 is 0. The second-order valence-electron chi connectivity index (χ2n) is 18.5. The fraction of sp³-hybridized carbons (Fsp3) is 0.732. The molecule has 248 valence electrons. The van der Waals surface area contributed by atoms with Gasteiger partial charge in [-0.25, -0.2) is 9.18 Å². The van der Waals surface area contributed by atoms with Gasteiger partial charge < -0.3 is 10.1 Å². The van der Waals surface area contributed by atoms with Gasteiger partial charge in [-0.2, -0.15) is 0 Å². The first-order valence-corrected chi connectivity index (χ1v) is 17.9. The van der Waals surface area contributed by atoms with E-state index in [1.807, 2.05) is 33.8 Å². The van der Waals surface area contributed by atoms with E-state index in [1.54, 1.807) is 6.07 Å². The third kappa shape index (κ3) is 4.80. The molecule has 6 rings (SSSR count). The average molecular weight is 618 g/mol. The van der Waals surface area contributed by atoms with E-state index in [2.05, 4.69) is 65.6 Å². The molecule has 3 nitrogen and oxygen atoms in total. The second kappa shape index (κ2) is 10.4. The van der Waals surface area contributed by atoms with Crippen LogP contribution in [0.15, 0.2) is 36.4 Å². The normalized spacial score (nSPS) is 41.9. The zero-order chi connectivity index (χ0) is 33.0. The predicted octanol–water partition coefficient (Wildman–Crippen LogP) is 11.1. The largest absolute Gasteiger partial charge is 0.444 e. The molecule has 1 aromatic carbocycles. The number of hydrogen-bond donors (Lipinski definition) is 1. The van der Waals surface area contributed by atoms with Crippen LogP contribution in [0, 0.1) is 64.0 Å². The highest BCUT2D eigenvalue weighted by Gasteiger charge is 2.70. The van der Waals surface area contributed by atoms with Gasteiger partial charge in [0.05, 0.1) is 0 Å². The van der Waals surface area contributed by atoms with Gasteiger partial charge in [0.25, 0.3) is 0 Å². The third-order valence-corrected chi connectivity index (χ3v) is 14.9. The molecule has 0 heterocycles. The molecule has 1 amide bonds. The van der Waals surface area contributed by atoms with Crippen LogP contribution in [-0.2, 0) is 4.74 Å². The molecule has 0 radical (unpaired) electrons. The summed E-state index contributed by atoms with van der Waals surface area (Å²) in [6.07, 6.45) is 12.5. The molecular formula is C41H60FNO2. The van der Waals surface area contributed by atoms with E-state index in [0.717, 1.165) is 37.7 Å². The molecule has 9 atom stereocenters.